The van der Waals surface area contributed by atoms with E-state index in [2.05, 4.69) is 47.7 Å². The number of nitrogens with one attached hydrogen (secondary N) is 2. The van der Waals surface area contributed by atoms with E-state index in [9.17, 15) is 0 Å². The quantitative estimate of drug-likeness (QED) is 0.367. The molecule has 0 saturated carbocycles. The van der Waals surface area contributed by atoms with E-state index in [4.69, 9.17) is 9.47 Å². The average Bonchev–Trinajstić information content (AvgIpc) is 2.64. The normalized spacial score (nSPS) is 10.7. The SMILES string of the molecule is CCNC(=NCc1cccc(OC)c1OC)NCc1ccccc1C.I. The molecule has 0 aliphatic rings. The summed E-state index contributed by atoms with van der Waals surface area (Å²) < 4.78 is 10.8. The van der Waals surface area contributed by atoms with Crippen molar-refractivity contribution in [1.82, 2.24) is 10.6 Å². The Morgan fingerprint density at radius 1 is 0.962 bits per heavy atom. The lowest BCUT2D eigenvalue weighted by atomic mass is 10.1. The predicted molar refractivity (Wildman–Crippen MR) is 118 cm³/mol. The first-order valence-electron chi connectivity index (χ1n) is 8.46. The van der Waals surface area contributed by atoms with Crippen LogP contribution in [0.2, 0.25) is 0 Å². The van der Waals surface area contributed by atoms with E-state index < -0.39 is 0 Å². The molecule has 2 aromatic rings. The lowest BCUT2D eigenvalue weighted by Gasteiger charge is -2.14. The molecular formula is C20H28IN3O2. The molecule has 0 aliphatic heterocycles. The minimum atomic E-state index is 0. The Morgan fingerprint density at radius 3 is 2.35 bits per heavy atom. The van der Waals surface area contributed by atoms with Gasteiger partial charge in [-0.15, -0.1) is 24.0 Å². The Balaban J connectivity index is 0.00000338. The van der Waals surface area contributed by atoms with Gasteiger partial charge in [-0.25, -0.2) is 4.99 Å². The van der Waals surface area contributed by atoms with Crippen LogP contribution in [0.15, 0.2) is 47.5 Å². The summed E-state index contributed by atoms with van der Waals surface area (Å²) in [6.07, 6.45) is 0. The van der Waals surface area contributed by atoms with E-state index in [-0.39, 0.29) is 24.0 Å². The molecule has 0 fully saturated rings. The minimum absolute atomic E-state index is 0. The van der Waals surface area contributed by atoms with Gasteiger partial charge in [-0.2, -0.15) is 0 Å². The molecule has 0 heterocycles. The molecule has 2 aromatic carbocycles. The Hall–Kier alpha value is -1.96. The molecule has 0 bridgehead atoms. The van der Waals surface area contributed by atoms with Crippen LogP contribution in [0.5, 0.6) is 11.5 Å². The lowest BCUT2D eigenvalue weighted by molar-refractivity contribution is 0.352. The summed E-state index contributed by atoms with van der Waals surface area (Å²) in [4.78, 5) is 4.67. The van der Waals surface area contributed by atoms with Crippen molar-refractivity contribution in [1.29, 1.82) is 0 Å². The zero-order valence-electron chi connectivity index (χ0n) is 15.8. The van der Waals surface area contributed by atoms with Crippen molar-refractivity contribution in [3.05, 3.63) is 59.2 Å². The van der Waals surface area contributed by atoms with Gasteiger partial charge in [0.2, 0.25) is 0 Å². The topological polar surface area (TPSA) is 54.9 Å². The number of hydrogen-bond acceptors (Lipinski definition) is 3. The van der Waals surface area contributed by atoms with Crippen LogP contribution < -0.4 is 20.1 Å². The second-order valence-electron chi connectivity index (χ2n) is 5.63. The van der Waals surface area contributed by atoms with Gasteiger partial charge >= 0.3 is 0 Å². The largest absolute Gasteiger partial charge is 0.493 e. The van der Waals surface area contributed by atoms with Gasteiger partial charge in [-0.1, -0.05) is 36.4 Å². The van der Waals surface area contributed by atoms with Crippen molar-refractivity contribution in [2.24, 2.45) is 4.99 Å². The lowest BCUT2D eigenvalue weighted by Crippen LogP contribution is -2.36. The number of benzene rings is 2. The number of rotatable bonds is 7. The number of methoxy groups -OCH3 is 2. The number of nitrogens with zero attached hydrogens (tertiary/aromatic N) is 1. The van der Waals surface area contributed by atoms with Crippen molar-refractivity contribution < 1.29 is 9.47 Å². The maximum absolute atomic E-state index is 5.47. The second-order valence-corrected chi connectivity index (χ2v) is 5.63. The first-order chi connectivity index (χ1) is 12.2. The summed E-state index contributed by atoms with van der Waals surface area (Å²) in [5, 5.41) is 6.66. The first kappa shape index (κ1) is 22.1. The highest BCUT2D eigenvalue weighted by molar-refractivity contribution is 14.0. The number of ether oxygens (including phenoxy) is 2. The number of hydrogen-bond donors (Lipinski definition) is 2. The second kappa shape index (κ2) is 11.6. The van der Waals surface area contributed by atoms with Crippen LogP contribution >= 0.6 is 24.0 Å². The number of halogens is 1. The molecule has 6 heteroatoms. The molecule has 0 amide bonds. The van der Waals surface area contributed by atoms with Crippen molar-refractivity contribution >= 4 is 29.9 Å². The molecule has 0 atom stereocenters. The molecule has 0 saturated heterocycles. The van der Waals surface area contributed by atoms with Gasteiger partial charge in [-0.3, -0.25) is 0 Å². The molecular weight excluding hydrogens is 441 g/mol. The van der Waals surface area contributed by atoms with Gasteiger partial charge in [0.15, 0.2) is 17.5 Å². The monoisotopic (exact) mass is 469 g/mol. The Morgan fingerprint density at radius 2 is 1.69 bits per heavy atom. The minimum Gasteiger partial charge on any atom is -0.493 e. The Labute approximate surface area is 173 Å². The van der Waals surface area contributed by atoms with Crippen LogP contribution in [0, 0.1) is 6.92 Å². The molecule has 0 aliphatic carbocycles. The summed E-state index contributed by atoms with van der Waals surface area (Å²) in [5.41, 5.74) is 3.50. The molecule has 142 valence electrons. The van der Waals surface area contributed by atoms with E-state index in [0.717, 1.165) is 30.4 Å². The van der Waals surface area contributed by atoms with E-state index >= 15 is 0 Å². The van der Waals surface area contributed by atoms with Crippen molar-refractivity contribution in [2.75, 3.05) is 20.8 Å². The number of aliphatic imine (C=N–C) groups is 1. The summed E-state index contributed by atoms with van der Waals surface area (Å²) in [6.45, 7) is 6.20. The van der Waals surface area contributed by atoms with Gasteiger partial charge in [0, 0.05) is 18.7 Å². The molecule has 0 unspecified atom stereocenters. The molecule has 0 radical (unpaired) electrons. The highest BCUT2D eigenvalue weighted by Gasteiger charge is 2.09. The van der Waals surface area contributed by atoms with Crippen LogP contribution in [0.1, 0.15) is 23.6 Å². The molecule has 5 nitrogen and oxygen atoms in total. The molecule has 2 rings (SSSR count). The molecule has 0 spiro atoms. The van der Waals surface area contributed by atoms with Crippen LogP contribution in [-0.2, 0) is 13.1 Å². The van der Waals surface area contributed by atoms with Crippen molar-refractivity contribution in [3.63, 3.8) is 0 Å². The van der Waals surface area contributed by atoms with Gasteiger partial charge in [0.05, 0.1) is 20.8 Å². The van der Waals surface area contributed by atoms with Gasteiger partial charge in [0.25, 0.3) is 0 Å². The van der Waals surface area contributed by atoms with Crippen LogP contribution in [-0.4, -0.2) is 26.7 Å². The van der Waals surface area contributed by atoms with E-state index in [1.165, 1.54) is 11.1 Å². The van der Waals surface area contributed by atoms with Crippen LogP contribution in [0.4, 0.5) is 0 Å². The summed E-state index contributed by atoms with van der Waals surface area (Å²) in [7, 11) is 3.28. The third kappa shape index (κ3) is 6.09. The highest BCUT2D eigenvalue weighted by Crippen LogP contribution is 2.31. The fraction of sp³-hybridized carbons (Fsp3) is 0.350. The first-order valence-corrected chi connectivity index (χ1v) is 8.46. The van der Waals surface area contributed by atoms with E-state index in [1.54, 1.807) is 14.2 Å². The molecule has 0 aromatic heterocycles. The fourth-order valence-electron chi connectivity index (χ4n) is 2.57. The summed E-state index contributed by atoms with van der Waals surface area (Å²) in [5.74, 6) is 2.21. The third-order valence-corrected chi connectivity index (χ3v) is 3.94. The summed E-state index contributed by atoms with van der Waals surface area (Å²) in [6, 6.07) is 14.2. The standard InChI is InChI=1S/C20H27N3O2.HI/c1-5-21-20(22-13-16-10-7-6-9-15(16)2)23-14-17-11-8-12-18(24-3)19(17)25-4;/h6-12H,5,13-14H2,1-4H3,(H2,21,22,23);1H. The van der Waals surface area contributed by atoms with Crippen molar-refractivity contribution in [2.45, 2.75) is 26.9 Å². The molecule has 26 heavy (non-hydrogen) atoms. The summed E-state index contributed by atoms with van der Waals surface area (Å²) >= 11 is 0. The average molecular weight is 469 g/mol. The van der Waals surface area contributed by atoms with Gasteiger partial charge in [0.1, 0.15) is 0 Å². The Bertz CT molecular complexity index is 720. The number of guanidine groups is 1. The predicted octanol–water partition coefficient (Wildman–Crippen LogP) is 3.89. The van der Waals surface area contributed by atoms with E-state index in [1.807, 2.05) is 24.3 Å². The van der Waals surface area contributed by atoms with E-state index in [0.29, 0.717) is 12.3 Å². The van der Waals surface area contributed by atoms with Crippen LogP contribution in [0.25, 0.3) is 0 Å². The zero-order valence-corrected chi connectivity index (χ0v) is 18.2. The fourth-order valence-corrected chi connectivity index (χ4v) is 2.57. The smallest absolute Gasteiger partial charge is 0.191 e. The molecule has 2 N–H and O–H groups in total. The van der Waals surface area contributed by atoms with Crippen molar-refractivity contribution in [3.8, 4) is 11.5 Å². The highest BCUT2D eigenvalue weighted by atomic mass is 127. The van der Waals surface area contributed by atoms with Gasteiger partial charge < -0.3 is 20.1 Å². The maximum Gasteiger partial charge on any atom is 0.191 e. The maximum atomic E-state index is 5.47. The number of para-hydroxylation sites is 1. The number of aryl methyl sites for hydroxylation is 1. The van der Waals surface area contributed by atoms with Gasteiger partial charge in [-0.05, 0) is 31.0 Å². The zero-order chi connectivity index (χ0) is 18.1. The Kier molecular flexibility index (Phi) is 9.87. The van der Waals surface area contributed by atoms with Crippen LogP contribution in [0.3, 0.4) is 0 Å². The third-order valence-electron chi connectivity index (χ3n) is 3.94.